The van der Waals surface area contributed by atoms with Gasteiger partial charge in [0, 0.05) is 23.5 Å². The lowest BCUT2D eigenvalue weighted by Gasteiger charge is -2.05. The minimum Gasteiger partial charge on any atom is -0.478 e. The monoisotopic (exact) mass is 283 g/mol. The van der Waals surface area contributed by atoms with Crippen molar-refractivity contribution in [1.29, 1.82) is 0 Å². The molecule has 0 aliphatic rings. The van der Waals surface area contributed by atoms with Crippen LogP contribution in [-0.2, 0) is 4.79 Å². The molecule has 6 nitrogen and oxygen atoms in total. The highest BCUT2D eigenvalue weighted by atomic mass is 16.4. The minimum absolute atomic E-state index is 0.299. The predicted octanol–water partition coefficient (Wildman–Crippen LogP) is 2.14. The summed E-state index contributed by atoms with van der Waals surface area (Å²) in [5, 5.41) is 11.2. The summed E-state index contributed by atoms with van der Waals surface area (Å²) in [6.45, 7) is 1.80. The molecule has 2 aromatic heterocycles. The van der Waals surface area contributed by atoms with E-state index in [0.29, 0.717) is 17.1 Å². The highest BCUT2D eigenvalue weighted by molar-refractivity contribution is 6.03. The molecule has 0 bridgehead atoms. The van der Waals surface area contributed by atoms with Gasteiger partial charge in [0.15, 0.2) is 0 Å². The van der Waals surface area contributed by atoms with Gasteiger partial charge in [0.25, 0.3) is 5.91 Å². The fourth-order valence-electron chi connectivity index (χ4n) is 1.65. The smallest absolute Gasteiger partial charge is 0.328 e. The maximum Gasteiger partial charge on any atom is 0.328 e. The number of aromatic nitrogens is 2. The SMILES string of the molecule is Cc1cc(C(=O)Nc2cccc(/C=C/C(=O)O)n2)ccn1. The van der Waals surface area contributed by atoms with Gasteiger partial charge < -0.3 is 10.4 Å². The number of anilines is 1. The number of aryl methyl sites for hydroxylation is 1. The van der Waals surface area contributed by atoms with Gasteiger partial charge in [-0.15, -0.1) is 0 Å². The molecule has 0 radical (unpaired) electrons. The Morgan fingerprint density at radius 3 is 2.81 bits per heavy atom. The zero-order valence-corrected chi connectivity index (χ0v) is 11.3. The van der Waals surface area contributed by atoms with E-state index in [2.05, 4.69) is 15.3 Å². The maximum atomic E-state index is 12.1. The van der Waals surface area contributed by atoms with Crippen LogP contribution in [0.15, 0.2) is 42.6 Å². The third kappa shape index (κ3) is 4.24. The minimum atomic E-state index is -1.06. The van der Waals surface area contributed by atoms with E-state index in [4.69, 9.17) is 5.11 Å². The lowest BCUT2D eigenvalue weighted by atomic mass is 10.2. The molecule has 106 valence electrons. The van der Waals surface area contributed by atoms with E-state index in [1.54, 1.807) is 43.5 Å². The van der Waals surface area contributed by atoms with Crippen LogP contribution >= 0.6 is 0 Å². The van der Waals surface area contributed by atoms with Crippen molar-refractivity contribution in [1.82, 2.24) is 9.97 Å². The van der Waals surface area contributed by atoms with E-state index in [9.17, 15) is 9.59 Å². The fourth-order valence-corrected chi connectivity index (χ4v) is 1.65. The first-order valence-electron chi connectivity index (χ1n) is 6.16. The number of nitrogens with one attached hydrogen (secondary N) is 1. The summed E-state index contributed by atoms with van der Waals surface area (Å²) < 4.78 is 0. The van der Waals surface area contributed by atoms with Gasteiger partial charge in [-0.3, -0.25) is 9.78 Å². The molecule has 2 rings (SSSR count). The predicted molar refractivity (Wildman–Crippen MR) is 77.8 cm³/mol. The Balaban J connectivity index is 2.14. The third-order valence-electron chi connectivity index (χ3n) is 2.57. The summed E-state index contributed by atoms with van der Waals surface area (Å²) in [6.07, 6.45) is 3.90. The Hall–Kier alpha value is -3.02. The van der Waals surface area contributed by atoms with Crippen LogP contribution in [0.3, 0.4) is 0 Å². The molecule has 0 saturated heterocycles. The van der Waals surface area contributed by atoms with Gasteiger partial charge in [-0.1, -0.05) is 6.07 Å². The van der Waals surface area contributed by atoms with Gasteiger partial charge >= 0.3 is 5.97 Å². The number of aliphatic carboxylic acids is 1. The van der Waals surface area contributed by atoms with Crippen LogP contribution in [0, 0.1) is 6.92 Å². The second-order valence-electron chi connectivity index (χ2n) is 4.26. The average molecular weight is 283 g/mol. The van der Waals surface area contributed by atoms with Crippen LogP contribution in [-0.4, -0.2) is 27.0 Å². The largest absolute Gasteiger partial charge is 0.478 e. The Labute approximate surface area is 121 Å². The molecule has 0 aliphatic heterocycles. The van der Waals surface area contributed by atoms with Crippen molar-refractivity contribution in [2.45, 2.75) is 6.92 Å². The van der Waals surface area contributed by atoms with Crippen molar-refractivity contribution in [3.05, 3.63) is 59.6 Å². The maximum absolute atomic E-state index is 12.1. The van der Waals surface area contributed by atoms with Gasteiger partial charge in [-0.2, -0.15) is 0 Å². The van der Waals surface area contributed by atoms with Crippen LogP contribution in [0.1, 0.15) is 21.7 Å². The van der Waals surface area contributed by atoms with Crippen LogP contribution in [0.25, 0.3) is 6.08 Å². The van der Waals surface area contributed by atoms with Crippen molar-refractivity contribution in [2.75, 3.05) is 5.32 Å². The number of carbonyl (C=O) groups excluding carboxylic acids is 1. The number of pyridine rings is 2. The summed E-state index contributed by atoms with van der Waals surface area (Å²) in [7, 11) is 0. The average Bonchev–Trinajstić information content (AvgIpc) is 2.45. The first-order chi connectivity index (χ1) is 10.0. The van der Waals surface area contributed by atoms with E-state index in [1.807, 2.05) is 0 Å². The number of carboxylic acid groups (broad SMARTS) is 1. The van der Waals surface area contributed by atoms with Crippen LogP contribution < -0.4 is 5.32 Å². The van der Waals surface area contributed by atoms with Crippen molar-refractivity contribution in [3.63, 3.8) is 0 Å². The molecule has 0 atom stereocenters. The highest BCUT2D eigenvalue weighted by Crippen LogP contribution is 2.09. The van der Waals surface area contributed by atoms with Gasteiger partial charge in [0.1, 0.15) is 5.82 Å². The topological polar surface area (TPSA) is 92.2 Å². The Kier molecular flexibility index (Phi) is 4.40. The fraction of sp³-hybridized carbons (Fsp3) is 0.0667. The zero-order valence-electron chi connectivity index (χ0n) is 11.3. The first-order valence-corrected chi connectivity index (χ1v) is 6.16. The molecule has 21 heavy (non-hydrogen) atoms. The van der Waals surface area contributed by atoms with E-state index in [1.165, 1.54) is 6.08 Å². The molecular weight excluding hydrogens is 270 g/mol. The van der Waals surface area contributed by atoms with Crippen molar-refractivity contribution in [2.24, 2.45) is 0 Å². The Bertz CT molecular complexity index is 711. The Morgan fingerprint density at radius 1 is 1.29 bits per heavy atom. The van der Waals surface area contributed by atoms with E-state index >= 15 is 0 Å². The van der Waals surface area contributed by atoms with Crippen molar-refractivity contribution < 1.29 is 14.7 Å². The third-order valence-corrected chi connectivity index (χ3v) is 2.57. The zero-order chi connectivity index (χ0) is 15.2. The molecule has 0 fully saturated rings. The van der Waals surface area contributed by atoms with Crippen LogP contribution in [0.5, 0.6) is 0 Å². The summed E-state index contributed by atoms with van der Waals surface area (Å²) in [4.78, 5) is 30.7. The molecule has 0 saturated carbocycles. The number of carbonyl (C=O) groups is 2. The number of nitrogens with zero attached hydrogens (tertiary/aromatic N) is 2. The molecule has 2 heterocycles. The van der Waals surface area contributed by atoms with Gasteiger partial charge in [0.2, 0.25) is 0 Å². The first kappa shape index (κ1) is 14.4. The van der Waals surface area contributed by atoms with E-state index < -0.39 is 5.97 Å². The number of hydrogen-bond acceptors (Lipinski definition) is 4. The van der Waals surface area contributed by atoms with E-state index in [-0.39, 0.29) is 5.91 Å². The quantitative estimate of drug-likeness (QED) is 0.839. The molecule has 0 unspecified atom stereocenters. The van der Waals surface area contributed by atoms with Gasteiger partial charge in [0.05, 0.1) is 5.69 Å². The number of hydrogen-bond donors (Lipinski definition) is 2. The lowest BCUT2D eigenvalue weighted by Crippen LogP contribution is -2.13. The second kappa shape index (κ2) is 6.42. The molecule has 0 spiro atoms. The standard InChI is InChI=1S/C15H13N3O3/c1-10-9-11(7-8-16-10)15(21)18-13-4-2-3-12(17-13)5-6-14(19)20/h2-9H,1H3,(H,19,20)(H,17,18,21)/b6-5+. The molecule has 2 N–H and O–H groups in total. The van der Waals surface area contributed by atoms with Gasteiger partial charge in [-0.05, 0) is 37.3 Å². The molecule has 0 aromatic carbocycles. The number of rotatable bonds is 4. The molecular formula is C15H13N3O3. The van der Waals surface area contributed by atoms with Crippen molar-refractivity contribution >= 4 is 23.8 Å². The van der Waals surface area contributed by atoms with Gasteiger partial charge in [-0.25, -0.2) is 9.78 Å². The summed E-state index contributed by atoms with van der Waals surface area (Å²) in [5.74, 6) is -1.01. The Morgan fingerprint density at radius 2 is 2.10 bits per heavy atom. The molecule has 1 amide bonds. The van der Waals surface area contributed by atoms with Crippen LogP contribution in [0.2, 0.25) is 0 Å². The highest BCUT2D eigenvalue weighted by Gasteiger charge is 2.07. The second-order valence-corrected chi connectivity index (χ2v) is 4.26. The van der Waals surface area contributed by atoms with E-state index in [0.717, 1.165) is 11.8 Å². The van der Waals surface area contributed by atoms with Crippen molar-refractivity contribution in [3.8, 4) is 0 Å². The molecule has 6 heteroatoms. The number of carboxylic acids is 1. The summed E-state index contributed by atoms with van der Waals surface area (Å²) >= 11 is 0. The summed E-state index contributed by atoms with van der Waals surface area (Å²) in [6, 6.07) is 8.23. The lowest BCUT2D eigenvalue weighted by molar-refractivity contribution is -0.131. The summed E-state index contributed by atoms with van der Waals surface area (Å²) in [5.41, 5.74) is 1.67. The molecule has 0 aliphatic carbocycles. The number of amides is 1. The van der Waals surface area contributed by atoms with Crippen LogP contribution in [0.4, 0.5) is 5.82 Å². The molecule has 2 aromatic rings. The normalized spacial score (nSPS) is 10.5.